The van der Waals surface area contributed by atoms with E-state index >= 15 is 0 Å². The van der Waals surface area contributed by atoms with Crippen molar-refractivity contribution in [2.45, 2.75) is 295 Å². The van der Waals surface area contributed by atoms with E-state index in [-0.39, 0.29) is 12.5 Å². The topological polar surface area (TPSA) is 89.8 Å². The number of allylic oxidation sites excluding steroid dienone is 6. The summed E-state index contributed by atoms with van der Waals surface area (Å²) in [6, 6.07) is -0.823. The van der Waals surface area contributed by atoms with Gasteiger partial charge in [0.1, 0.15) is 6.10 Å². The van der Waals surface area contributed by atoms with Crippen LogP contribution in [-0.2, 0) is 4.79 Å². The fourth-order valence-corrected chi connectivity index (χ4v) is 8.14. The Morgan fingerprint density at radius 3 is 1.08 bits per heavy atom. The van der Waals surface area contributed by atoms with Gasteiger partial charge in [-0.2, -0.15) is 0 Å². The van der Waals surface area contributed by atoms with Crippen LogP contribution in [0.5, 0.6) is 0 Å². The summed E-state index contributed by atoms with van der Waals surface area (Å²) in [5, 5.41) is 33.4. The molecule has 0 heterocycles. The zero-order valence-corrected chi connectivity index (χ0v) is 39.6. The Hall–Kier alpha value is -1.43. The van der Waals surface area contributed by atoms with E-state index in [0.717, 1.165) is 44.9 Å². The minimum absolute atomic E-state index is 0.154. The third-order valence-corrected chi connectivity index (χ3v) is 12.2. The lowest BCUT2D eigenvalue weighted by Crippen LogP contribution is -2.50. The zero-order chi connectivity index (χ0) is 43.0. The molecule has 0 bridgehead atoms. The number of aliphatic hydroxyl groups is 3. The molecule has 59 heavy (non-hydrogen) atoms. The predicted molar refractivity (Wildman–Crippen MR) is 259 cm³/mol. The van der Waals surface area contributed by atoms with E-state index in [1.165, 1.54) is 205 Å². The number of carbonyl (C=O) groups excluding carboxylic acids is 1. The number of rotatable bonds is 48. The number of amides is 1. The number of nitrogens with one attached hydrogen (secondary N) is 1. The number of carbonyl (C=O) groups is 1. The summed E-state index contributed by atoms with van der Waals surface area (Å²) in [5.74, 6) is -0.154. The summed E-state index contributed by atoms with van der Waals surface area (Å²) in [5.41, 5.74) is 0. The Kier molecular flexibility index (Phi) is 48.0. The van der Waals surface area contributed by atoms with Gasteiger partial charge in [0.05, 0.1) is 18.8 Å². The van der Waals surface area contributed by atoms with Gasteiger partial charge in [0, 0.05) is 6.42 Å². The van der Waals surface area contributed by atoms with Crippen LogP contribution >= 0.6 is 0 Å². The van der Waals surface area contributed by atoms with Crippen LogP contribution in [0.25, 0.3) is 0 Å². The molecule has 0 radical (unpaired) electrons. The van der Waals surface area contributed by atoms with Crippen molar-refractivity contribution in [2.75, 3.05) is 6.61 Å². The van der Waals surface area contributed by atoms with E-state index in [1.807, 2.05) is 0 Å². The second-order valence-corrected chi connectivity index (χ2v) is 18.1. The highest BCUT2D eigenvalue weighted by molar-refractivity contribution is 5.76. The molecule has 0 aromatic rings. The minimum Gasteiger partial charge on any atom is -0.394 e. The van der Waals surface area contributed by atoms with Crippen molar-refractivity contribution in [3.8, 4) is 0 Å². The van der Waals surface area contributed by atoms with Crippen LogP contribution in [-0.4, -0.2) is 46.1 Å². The molecule has 0 aromatic carbocycles. The van der Waals surface area contributed by atoms with Gasteiger partial charge >= 0.3 is 0 Å². The monoisotopic (exact) mass is 830 g/mol. The summed E-state index contributed by atoms with van der Waals surface area (Å²) < 4.78 is 0. The van der Waals surface area contributed by atoms with Crippen LogP contribution in [0.1, 0.15) is 277 Å². The average molecular weight is 830 g/mol. The highest BCUT2D eigenvalue weighted by Crippen LogP contribution is 2.16. The largest absolute Gasteiger partial charge is 0.394 e. The quantitative estimate of drug-likeness (QED) is 0.0363. The number of unbranched alkanes of at least 4 members (excludes halogenated alkanes) is 34. The second kappa shape index (κ2) is 49.2. The van der Waals surface area contributed by atoms with Crippen LogP contribution in [0.3, 0.4) is 0 Å². The molecule has 3 atom stereocenters. The summed E-state index contributed by atoms with van der Waals surface area (Å²) >= 11 is 0. The zero-order valence-electron chi connectivity index (χ0n) is 39.6. The van der Waals surface area contributed by atoms with Crippen molar-refractivity contribution in [1.29, 1.82) is 0 Å². The number of hydrogen-bond acceptors (Lipinski definition) is 4. The van der Waals surface area contributed by atoms with E-state index in [2.05, 4.69) is 55.6 Å². The van der Waals surface area contributed by atoms with Gasteiger partial charge in [-0.15, -0.1) is 0 Å². The molecule has 3 unspecified atom stereocenters. The first-order valence-corrected chi connectivity index (χ1v) is 26.3. The first-order chi connectivity index (χ1) is 29.1. The normalized spacial score (nSPS) is 13.6. The molecule has 0 saturated heterocycles. The average Bonchev–Trinajstić information content (AvgIpc) is 3.24. The maximum atomic E-state index is 12.4. The third kappa shape index (κ3) is 44.4. The summed E-state index contributed by atoms with van der Waals surface area (Å²) in [4.78, 5) is 12.4. The lowest BCUT2D eigenvalue weighted by atomic mass is 10.0. The summed E-state index contributed by atoms with van der Waals surface area (Å²) in [6.45, 7) is 4.15. The highest BCUT2D eigenvalue weighted by atomic mass is 16.3. The lowest BCUT2D eigenvalue weighted by Gasteiger charge is -2.26. The first-order valence-electron chi connectivity index (χ1n) is 26.3. The SMILES string of the molecule is CCCCCCC/C=C/CCCC(O)C(O)C(CO)NC(=O)CCCCCCCCCCCCCCCCCCC/C=C\C/C=C\CCCCCCCCCCCCC. The van der Waals surface area contributed by atoms with Gasteiger partial charge < -0.3 is 20.6 Å². The number of aliphatic hydroxyl groups excluding tert-OH is 3. The fraction of sp³-hybridized carbons (Fsp3) is 0.870. The van der Waals surface area contributed by atoms with Gasteiger partial charge in [-0.3, -0.25) is 4.79 Å². The molecule has 1 amide bonds. The Morgan fingerprint density at radius 2 is 0.729 bits per heavy atom. The second-order valence-electron chi connectivity index (χ2n) is 18.1. The van der Waals surface area contributed by atoms with Crippen molar-refractivity contribution >= 4 is 5.91 Å². The maximum absolute atomic E-state index is 12.4. The maximum Gasteiger partial charge on any atom is 0.220 e. The molecule has 0 saturated carbocycles. The van der Waals surface area contributed by atoms with Gasteiger partial charge in [0.25, 0.3) is 0 Å². The molecule has 0 aromatic heterocycles. The number of hydrogen-bond donors (Lipinski definition) is 4. The Morgan fingerprint density at radius 1 is 0.424 bits per heavy atom. The van der Waals surface area contributed by atoms with E-state index in [4.69, 9.17) is 0 Å². The van der Waals surface area contributed by atoms with Crippen molar-refractivity contribution in [3.63, 3.8) is 0 Å². The molecule has 0 aliphatic carbocycles. The van der Waals surface area contributed by atoms with Crippen molar-refractivity contribution < 1.29 is 20.1 Å². The molecular weight excluding hydrogens is 727 g/mol. The first kappa shape index (κ1) is 57.6. The Bertz CT molecular complexity index is 916. The Labute approximate surface area is 368 Å². The molecule has 0 fully saturated rings. The van der Waals surface area contributed by atoms with E-state index in [0.29, 0.717) is 12.8 Å². The van der Waals surface area contributed by atoms with Gasteiger partial charge in [0.15, 0.2) is 0 Å². The molecule has 0 aliphatic heterocycles. The summed E-state index contributed by atoms with van der Waals surface area (Å²) in [6.07, 6.45) is 63.1. The van der Waals surface area contributed by atoms with Crippen molar-refractivity contribution in [3.05, 3.63) is 36.5 Å². The molecular formula is C54H103NO4. The third-order valence-electron chi connectivity index (χ3n) is 12.2. The molecule has 0 spiro atoms. The molecule has 0 rings (SSSR count). The lowest BCUT2D eigenvalue weighted by molar-refractivity contribution is -0.124. The van der Waals surface area contributed by atoms with Crippen LogP contribution in [0.4, 0.5) is 0 Å². The standard InChI is InChI=1S/C54H103NO4/c1-3-5-7-9-11-13-15-16-17-18-19-20-21-22-23-24-25-26-27-28-29-30-31-32-33-34-35-36-37-38-39-41-43-45-47-49-53(58)55-51(50-56)54(59)52(57)48-46-44-42-40-14-12-10-8-6-4-2/h21-22,24-25,40,42,51-52,54,56-57,59H,3-20,23,26-39,41,43-50H2,1-2H3,(H,55,58)/b22-21-,25-24-,42-40+. The molecule has 348 valence electrons. The highest BCUT2D eigenvalue weighted by Gasteiger charge is 2.26. The predicted octanol–water partition coefficient (Wildman–Crippen LogP) is 15.9. The van der Waals surface area contributed by atoms with E-state index in [9.17, 15) is 20.1 Å². The van der Waals surface area contributed by atoms with Crippen LogP contribution in [0.2, 0.25) is 0 Å². The molecule has 5 heteroatoms. The van der Waals surface area contributed by atoms with Gasteiger partial charge in [-0.1, -0.05) is 237 Å². The van der Waals surface area contributed by atoms with E-state index in [1.54, 1.807) is 0 Å². The fourth-order valence-electron chi connectivity index (χ4n) is 8.14. The molecule has 4 N–H and O–H groups in total. The van der Waals surface area contributed by atoms with Crippen molar-refractivity contribution in [1.82, 2.24) is 5.32 Å². The molecule has 5 nitrogen and oxygen atoms in total. The van der Waals surface area contributed by atoms with Crippen LogP contribution in [0.15, 0.2) is 36.5 Å². The molecule has 0 aliphatic rings. The Balaban J connectivity index is 3.47. The van der Waals surface area contributed by atoms with E-state index < -0.39 is 18.2 Å². The van der Waals surface area contributed by atoms with Crippen LogP contribution in [0, 0.1) is 0 Å². The van der Waals surface area contributed by atoms with Crippen LogP contribution < -0.4 is 5.32 Å². The van der Waals surface area contributed by atoms with Gasteiger partial charge in [-0.25, -0.2) is 0 Å². The van der Waals surface area contributed by atoms with Crippen molar-refractivity contribution in [2.24, 2.45) is 0 Å². The minimum atomic E-state index is -1.16. The van der Waals surface area contributed by atoms with Gasteiger partial charge in [0.2, 0.25) is 5.91 Å². The summed E-state index contributed by atoms with van der Waals surface area (Å²) in [7, 11) is 0. The van der Waals surface area contributed by atoms with Gasteiger partial charge in [-0.05, 0) is 70.6 Å². The smallest absolute Gasteiger partial charge is 0.220 e.